The number of thioether (sulfide) groups is 1. The predicted octanol–water partition coefficient (Wildman–Crippen LogP) is 2.02. The SMILES string of the molecule is Cc1ccc(C(CNC(=O)CC2CSCCN2)N2CCOCC2)o1.Cl.Cl. The van der Waals surface area contributed by atoms with Crippen molar-refractivity contribution < 1.29 is 13.9 Å². The van der Waals surface area contributed by atoms with Crippen molar-refractivity contribution in [1.82, 2.24) is 15.5 Å². The molecule has 0 bridgehead atoms. The van der Waals surface area contributed by atoms with Crippen molar-refractivity contribution in [2.45, 2.75) is 25.4 Å². The van der Waals surface area contributed by atoms with Crippen molar-refractivity contribution in [2.24, 2.45) is 0 Å². The van der Waals surface area contributed by atoms with Crippen molar-refractivity contribution >= 4 is 42.5 Å². The van der Waals surface area contributed by atoms with Gasteiger partial charge >= 0.3 is 0 Å². The van der Waals surface area contributed by atoms with E-state index in [0.717, 1.165) is 55.9 Å². The highest BCUT2D eigenvalue weighted by molar-refractivity contribution is 7.99. The number of aryl methyl sites for hydroxylation is 1. The number of nitrogens with one attached hydrogen (secondary N) is 2. The third-order valence-electron chi connectivity index (χ3n) is 4.50. The first-order chi connectivity index (χ1) is 11.7. The Morgan fingerprint density at radius 3 is 2.77 bits per heavy atom. The Hall–Kier alpha value is -0.440. The van der Waals surface area contributed by atoms with Crippen LogP contribution in [0.25, 0.3) is 0 Å². The molecule has 0 spiro atoms. The van der Waals surface area contributed by atoms with Crippen LogP contribution in [0.2, 0.25) is 0 Å². The van der Waals surface area contributed by atoms with Crippen molar-refractivity contribution in [1.29, 1.82) is 0 Å². The quantitative estimate of drug-likeness (QED) is 0.726. The van der Waals surface area contributed by atoms with Crippen LogP contribution in [-0.2, 0) is 9.53 Å². The molecule has 2 unspecified atom stereocenters. The molecular weight excluding hydrogens is 397 g/mol. The predicted molar refractivity (Wildman–Crippen MR) is 110 cm³/mol. The fourth-order valence-electron chi connectivity index (χ4n) is 3.19. The van der Waals surface area contributed by atoms with Crippen LogP contribution in [0.5, 0.6) is 0 Å². The number of morpholine rings is 1. The molecule has 2 N–H and O–H groups in total. The number of carbonyl (C=O) groups excluding carboxylic acids is 1. The summed E-state index contributed by atoms with van der Waals surface area (Å²) >= 11 is 1.91. The summed E-state index contributed by atoms with van der Waals surface area (Å²) in [5.74, 6) is 4.07. The Balaban J connectivity index is 0.00000169. The van der Waals surface area contributed by atoms with E-state index in [0.29, 0.717) is 13.0 Å². The van der Waals surface area contributed by atoms with Gasteiger partial charge in [0.2, 0.25) is 5.91 Å². The molecule has 1 aromatic rings. The number of ether oxygens (including phenoxy) is 1. The zero-order valence-corrected chi connectivity index (χ0v) is 17.5. The molecule has 2 aliphatic rings. The van der Waals surface area contributed by atoms with E-state index in [2.05, 4.69) is 15.5 Å². The molecule has 2 aliphatic heterocycles. The maximum Gasteiger partial charge on any atom is 0.221 e. The number of nitrogens with zero attached hydrogens (tertiary/aromatic N) is 1. The highest BCUT2D eigenvalue weighted by Gasteiger charge is 2.26. The molecule has 6 nitrogen and oxygen atoms in total. The lowest BCUT2D eigenvalue weighted by Crippen LogP contribution is -2.45. The number of furan rings is 1. The smallest absolute Gasteiger partial charge is 0.221 e. The van der Waals surface area contributed by atoms with Gasteiger partial charge < -0.3 is 19.8 Å². The maximum absolute atomic E-state index is 12.3. The van der Waals surface area contributed by atoms with Crippen LogP contribution in [0.1, 0.15) is 24.0 Å². The number of amides is 1. The lowest BCUT2D eigenvalue weighted by atomic mass is 10.1. The monoisotopic (exact) mass is 425 g/mol. The zero-order valence-electron chi connectivity index (χ0n) is 15.1. The Kier molecular flexibility index (Phi) is 11.0. The number of hydrogen-bond donors (Lipinski definition) is 2. The molecule has 26 heavy (non-hydrogen) atoms. The minimum Gasteiger partial charge on any atom is -0.465 e. The second-order valence-electron chi connectivity index (χ2n) is 6.35. The van der Waals surface area contributed by atoms with Gasteiger partial charge in [0.05, 0.1) is 19.3 Å². The molecule has 2 saturated heterocycles. The molecule has 0 aromatic carbocycles. The van der Waals surface area contributed by atoms with Crippen molar-refractivity contribution in [3.8, 4) is 0 Å². The van der Waals surface area contributed by atoms with Crippen LogP contribution in [0.3, 0.4) is 0 Å². The lowest BCUT2D eigenvalue weighted by Gasteiger charge is -2.33. The van der Waals surface area contributed by atoms with Crippen LogP contribution in [-0.4, -0.2) is 67.7 Å². The molecule has 3 heterocycles. The molecule has 2 atom stereocenters. The summed E-state index contributed by atoms with van der Waals surface area (Å²) < 4.78 is 11.3. The normalized spacial score (nSPS) is 22.0. The number of halogens is 2. The van der Waals surface area contributed by atoms with Gasteiger partial charge in [0.25, 0.3) is 0 Å². The molecule has 150 valence electrons. The van der Waals surface area contributed by atoms with E-state index in [1.807, 2.05) is 30.8 Å². The molecule has 0 aliphatic carbocycles. The number of rotatable bonds is 6. The van der Waals surface area contributed by atoms with Gasteiger partial charge in [0, 0.05) is 50.1 Å². The second kappa shape index (κ2) is 12.1. The van der Waals surface area contributed by atoms with Crippen LogP contribution < -0.4 is 10.6 Å². The Morgan fingerprint density at radius 2 is 2.15 bits per heavy atom. The summed E-state index contributed by atoms with van der Waals surface area (Å²) in [6, 6.07) is 4.35. The zero-order chi connectivity index (χ0) is 16.8. The molecule has 0 saturated carbocycles. The highest BCUT2D eigenvalue weighted by Crippen LogP contribution is 2.23. The maximum atomic E-state index is 12.3. The highest BCUT2D eigenvalue weighted by atomic mass is 35.5. The van der Waals surface area contributed by atoms with Crippen LogP contribution in [0, 0.1) is 6.92 Å². The Labute approximate surface area is 172 Å². The molecule has 1 amide bonds. The third-order valence-corrected chi connectivity index (χ3v) is 5.63. The third kappa shape index (κ3) is 6.94. The van der Waals surface area contributed by atoms with E-state index >= 15 is 0 Å². The van der Waals surface area contributed by atoms with Gasteiger partial charge in [-0.3, -0.25) is 9.69 Å². The van der Waals surface area contributed by atoms with Gasteiger partial charge in [-0.25, -0.2) is 0 Å². The minimum absolute atomic E-state index is 0. The largest absolute Gasteiger partial charge is 0.465 e. The van der Waals surface area contributed by atoms with Gasteiger partial charge in [-0.05, 0) is 19.1 Å². The van der Waals surface area contributed by atoms with E-state index in [1.165, 1.54) is 0 Å². The topological polar surface area (TPSA) is 66.7 Å². The number of carbonyl (C=O) groups is 1. The van der Waals surface area contributed by atoms with E-state index in [-0.39, 0.29) is 42.8 Å². The van der Waals surface area contributed by atoms with Crippen molar-refractivity contribution in [3.05, 3.63) is 23.7 Å². The van der Waals surface area contributed by atoms with Gasteiger partial charge in [0.1, 0.15) is 11.5 Å². The summed E-state index contributed by atoms with van der Waals surface area (Å²) in [7, 11) is 0. The molecular formula is C17H29Cl2N3O3S. The summed E-state index contributed by atoms with van der Waals surface area (Å²) in [4.78, 5) is 14.6. The Morgan fingerprint density at radius 1 is 1.38 bits per heavy atom. The summed E-state index contributed by atoms with van der Waals surface area (Å²) in [5.41, 5.74) is 0. The van der Waals surface area contributed by atoms with E-state index in [9.17, 15) is 4.79 Å². The summed E-state index contributed by atoms with van der Waals surface area (Å²) in [6.07, 6.45) is 0.542. The van der Waals surface area contributed by atoms with Crippen LogP contribution in [0.4, 0.5) is 0 Å². The fraction of sp³-hybridized carbons (Fsp3) is 0.706. The van der Waals surface area contributed by atoms with E-state index < -0.39 is 0 Å². The van der Waals surface area contributed by atoms with E-state index in [1.54, 1.807) is 0 Å². The van der Waals surface area contributed by atoms with Crippen molar-refractivity contribution in [3.63, 3.8) is 0 Å². The Bertz CT molecular complexity index is 535. The first kappa shape index (κ1) is 23.6. The van der Waals surface area contributed by atoms with Crippen molar-refractivity contribution in [2.75, 3.05) is 50.9 Å². The molecule has 1 aromatic heterocycles. The summed E-state index contributed by atoms with van der Waals surface area (Å²) in [5, 5.41) is 6.51. The average Bonchev–Trinajstić information content (AvgIpc) is 3.03. The average molecular weight is 426 g/mol. The number of hydrogen-bond acceptors (Lipinski definition) is 6. The van der Waals surface area contributed by atoms with Gasteiger partial charge in [0.15, 0.2) is 0 Å². The van der Waals surface area contributed by atoms with Crippen LogP contribution >= 0.6 is 36.6 Å². The fourth-order valence-corrected chi connectivity index (χ4v) is 4.14. The van der Waals surface area contributed by atoms with E-state index in [4.69, 9.17) is 9.15 Å². The first-order valence-corrected chi connectivity index (χ1v) is 9.84. The van der Waals surface area contributed by atoms with Gasteiger partial charge in [-0.2, -0.15) is 11.8 Å². The molecule has 2 fully saturated rings. The second-order valence-corrected chi connectivity index (χ2v) is 7.50. The summed E-state index contributed by atoms with van der Waals surface area (Å²) in [6.45, 7) is 6.70. The first-order valence-electron chi connectivity index (χ1n) is 8.68. The van der Waals surface area contributed by atoms with Crippen LogP contribution in [0.15, 0.2) is 16.5 Å². The molecule has 0 radical (unpaired) electrons. The lowest BCUT2D eigenvalue weighted by molar-refractivity contribution is -0.121. The minimum atomic E-state index is 0. The molecule has 9 heteroatoms. The standard InChI is InChI=1S/C17H27N3O3S.2ClH/c1-13-2-3-16(23-13)15(20-5-7-22-8-6-20)11-19-17(21)10-14-12-24-9-4-18-14;;/h2-3,14-15,18H,4-12H2,1H3,(H,19,21);2*1H. The van der Waals surface area contributed by atoms with Gasteiger partial charge in [-0.1, -0.05) is 0 Å². The molecule has 3 rings (SSSR count). The van der Waals surface area contributed by atoms with Gasteiger partial charge in [-0.15, -0.1) is 24.8 Å².